The summed E-state index contributed by atoms with van der Waals surface area (Å²) in [6.45, 7) is 2.33. The van der Waals surface area contributed by atoms with E-state index in [0.717, 1.165) is 6.42 Å². The highest BCUT2D eigenvalue weighted by molar-refractivity contribution is 5.85. The Labute approximate surface area is 94.5 Å². The Balaban J connectivity index is 2.18. The molecule has 3 rings (SSSR count). The number of aromatic nitrogens is 1. The molecule has 3 nitrogen and oxygen atoms in total. The van der Waals surface area contributed by atoms with Crippen LogP contribution in [0.25, 0.3) is 10.9 Å². The summed E-state index contributed by atoms with van der Waals surface area (Å²) in [6, 6.07) is 8.84. The van der Waals surface area contributed by atoms with Crippen molar-refractivity contribution >= 4 is 10.9 Å². The van der Waals surface area contributed by atoms with Gasteiger partial charge in [-0.05, 0) is 25.0 Å². The zero-order chi connectivity index (χ0) is 11.1. The van der Waals surface area contributed by atoms with Crippen molar-refractivity contribution in [3.05, 3.63) is 35.5 Å². The topological polar surface area (TPSA) is 48.0 Å². The molecule has 0 bridgehead atoms. The maximum absolute atomic E-state index is 9.27. The highest BCUT2D eigenvalue weighted by Gasteiger charge is 2.25. The summed E-state index contributed by atoms with van der Waals surface area (Å²) in [6.07, 6.45) is 0.903. The van der Waals surface area contributed by atoms with E-state index in [2.05, 4.69) is 35.4 Å². The van der Waals surface area contributed by atoms with E-state index in [1.165, 1.54) is 22.2 Å². The van der Waals surface area contributed by atoms with Crippen molar-refractivity contribution in [1.29, 1.82) is 0 Å². The Kier molecular flexibility index (Phi) is 2.23. The number of hydrogen-bond donors (Lipinski definition) is 3. The quantitative estimate of drug-likeness (QED) is 0.680. The number of para-hydroxylation sites is 1. The number of rotatable bonds is 1. The molecule has 0 saturated heterocycles. The molecule has 0 spiro atoms. The molecule has 0 saturated carbocycles. The van der Waals surface area contributed by atoms with Gasteiger partial charge in [0.1, 0.15) is 0 Å². The van der Waals surface area contributed by atoms with Crippen LogP contribution in [0.2, 0.25) is 0 Å². The number of aromatic amines is 1. The summed E-state index contributed by atoms with van der Waals surface area (Å²) in [7, 11) is 0. The minimum absolute atomic E-state index is 0.182. The number of nitrogens with one attached hydrogen (secondary N) is 2. The monoisotopic (exact) mass is 216 g/mol. The molecule has 3 heteroatoms. The van der Waals surface area contributed by atoms with Crippen LogP contribution in [0.1, 0.15) is 24.2 Å². The van der Waals surface area contributed by atoms with Crippen LogP contribution in [0.15, 0.2) is 24.3 Å². The maximum atomic E-state index is 9.27. The van der Waals surface area contributed by atoms with Crippen molar-refractivity contribution in [2.24, 2.45) is 0 Å². The number of H-pyrrole nitrogens is 1. The first-order chi connectivity index (χ1) is 7.79. The molecule has 2 unspecified atom stereocenters. The zero-order valence-electron chi connectivity index (χ0n) is 9.33. The Hall–Kier alpha value is -1.32. The van der Waals surface area contributed by atoms with Gasteiger partial charge in [0.25, 0.3) is 0 Å². The van der Waals surface area contributed by atoms with E-state index >= 15 is 0 Å². The Morgan fingerprint density at radius 3 is 3.00 bits per heavy atom. The van der Waals surface area contributed by atoms with Crippen LogP contribution < -0.4 is 5.32 Å². The molecule has 84 valence electrons. The van der Waals surface area contributed by atoms with Crippen LogP contribution in [-0.2, 0) is 6.42 Å². The SMILES string of the molecule is CC1NC(CO)Cc2c1[nH]c1ccccc21. The fraction of sp³-hybridized carbons (Fsp3) is 0.385. The third-order valence-corrected chi connectivity index (χ3v) is 3.44. The van der Waals surface area contributed by atoms with Crippen molar-refractivity contribution in [2.75, 3.05) is 6.61 Å². The molecular formula is C13H16N2O. The lowest BCUT2D eigenvalue weighted by molar-refractivity contribution is 0.225. The third kappa shape index (κ3) is 1.36. The van der Waals surface area contributed by atoms with Gasteiger partial charge in [-0.15, -0.1) is 0 Å². The predicted octanol–water partition coefficient (Wildman–Crippen LogP) is 1.74. The molecule has 1 aromatic carbocycles. The third-order valence-electron chi connectivity index (χ3n) is 3.44. The first-order valence-electron chi connectivity index (χ1n) is 5.76. The first-order valence-corrected chi connectivity index (χ1v) is 5.76. The van der Waals surface area contributed by atoms with Crippen LogP contribution in [0.4, 0.5) is 0 Å². The summed E-state index contributed by atoms with van der Waals surface area (Å²) in [5.41, 5.74) is 3.83. The van der Waals surface area contributed by atoms with Crippen molar-refractivity contribution in [1.82, 2.24) is 10.3 Å². The van der Waals surface area contributed by atoms with Crippen LogP contribution in [0.3, 0.4) is 0 Å². The fourth-order valence-corrected chi connectivity index (χ4v) is 2.67. The van der Waals surface area contributed by atoms with Crippen molar-refractivity contribution < 1.29 is 5.11 Å². The zero-order valence-corrected chi connectivity index (χ0v) is 9.33. The minimum atomic E-state index is 0.182. The standard InChI is InChI=1S/C13H16N2O/c1-8-13-11(6-9(7-16)14-8)10-4-2-3-5-12(10)15-13/h2-5,8-9,14-16H,6-7H2,1H3. The van der Waals surface area contributed by atoms with E-state index in [9.17, 15) is 5.11 Å². The molecule has 1 aromatic heterocycles. The van der Waals surface area contributed by atoms with Crippen molar-refractivity contribution in [3.8, 4) is 0 Å². The van der Waals surface area contributed by atoms with E-state index in [-0.39, 0.29) is 18.7 Å². The predicted molar refractivity (Wildman–Crippen MR) is 64.4 cm³/mol. The van der Waals surface area contributed by atoms with Gasteiger partial charge in [0.2, 0.25) is 0 Å². The molecule has 2 atom stereocenters. The van der Waals surface area contributed by atoms with E-state index in [1.807, 2.05) is 6.07 Å². The number of hydrogen-bond acceptors (Lipinski definition) is 2. The summed E-state index contributed by atoms with van der Waals surface area (Å²) in [4.78, 5) is 3.47. The number of fused-ring (bicyclic) bond motifs is 3. The van der Waals surface area contributed by atoms with E-state index in [1.54, 1.807) is 0 Å². The highest BCUT2D eigenvalue weighted by Crippen LogP contribution is 2.31. The Morgan fingerprint density at radius 2 is 2.19 bits per heavy atom. The van der Waals surface area contributed by atoms with Gasteiger partial charge < -0.3 is 15.4 Å². The average Bonchev–Trinajstić information content (AvgIpc) is 2.68. The van der Waals surface area contributed by atoms with Gasteiger partial charge in [-0.1, -0.05) is 18.2 Å². The molecule has 1 aliphatic rings. The van der Waals surface area contributed by atoms with Gasteiger partial charge >= 0.3 is 0 Å². The van der Waals surface area contributed by atoms with Crippen molar-refractivity contribution in [2.45, 2.75) is 25.4 Å². The van der Waals surface area contributed by atoms with Crippen LogP contribution in [0, 0.1) is 0 Å². The van der Waals surface area contributed by atoms with Crippen molar-refractivity contribution in [3.63, 3.8) is 0 Å². The summed E-state index contributed by atoms with van der Waals surface area (Å²) >= 11 is 0. The number of aliphatic hydroxyl groups is 1. The second-order valence-electron chi connectivity index (χ2n) is 4.53. The van der Waals surface area contributed by atoms with Gasteiger partial charge in [0, 0.05) is 28.7 Å². The molecular weight excluding hydrogens is 200 g/mol. The summed E-state index contributed by atoms with van der Waals surface area (Å²) in [5.74, 6) is 0. The molecule has 16 heavy (non-hydrogen) atoms. The number of benzene rings is 1. The van der Waals surface area contributed by atoms with Crippen LogP contribution >= 0.6 is 0 Å². The van der Waals surface area contributed by atoms with Gasteiger partial charge in [-0.25, -0.2) is 0 Å². The van der Waals surface area contributed by atoms with E-state index in [4.69, 9.17) is 0 Å². The summed E-state index contributed by atoms with van der Waals surface area (Å²) in [5, 5.41) is 14.0. The maximum Gasteiger partial charge on any atom is 0.0588 e. The lowest BCUT2D eigenvalue weighted by atomic mass is 9.95. The number of aliphatic hydroxyl groups excluding tert-OH is 1. The Bertz CT molecular complexity index is 518. The smallest absolute Gasteiger partial charge is 0.0588 e. The first kappa shape index (κ1) is 9.87. The second-order valence-corrected chi connectivity index (χ2v) is 4.53. The molecule has 0 fully saturated rings. The van der Waals surface area contributed by atoms with E-state index < -0.39 is 0 Å². The molecule has 0 amide bonds. The lowest BCUT2D eigenvalue weighted by Gasteiger charge is -2.27. The van der Waals surface area contributed by atoms with Crippen LogP contribution in [0.5, 0.6) is 0 Å². The average molecular weight is 216 g/mol. The van der Waals surface area contributed by atoms with Gasteiger partial charge in [-0.2, -0.15) is 0 Å². The molecule has 2 heterocycles. The largest absolute Gasteiger partial charge is 0.395 e. The lowest BCUT2D eigenvalue weighted by Crippen LogP contribution is -2.40. The second kappa shape index (κ2) is 3.61. The Morgan fingerprint density at radius 1 is 1.38 bits per heavy atom. The van der Waals surface area contributed by atoms with Crippen LogP contribution in [-0.4, -0.2) is 22.7 Å². The fourth-order valence-electron chi connectivity index (χ4n) is 2.67. The molecule has 1 aliphatic heterocycles. The van der Waals surface area contributed by atoms with Gasteiger partial charge in [-0.3, -0.25) is 0 Å². The summed E-state index contributed by atoms with van der Waals surface area (Å²) < 4.78 is 0. The molecule has 0 aliphatic carbocycles. The van der Waals surface area contributed by atoms with Gasteiger partial charge in [0.05, 0.1) is 6.61 Å². The molecule has 0 radical (unpaired) electrons. The highest BCUT2D eigenvalue weighted by atomic mass is 16.3. The normalized spacial score (nSPS) is 24.6. The molecule has 3 N–H and O–H groups in total. The minimum Gasteiger partial charge on any atom is -0.395 e. The van der Waals surface area contributed by atoms with E-state index in [0.29, 0.717) is 0 Å². The van der Waals surface area contributed by atoms with Gasteiger partial charge in [0.15, 0.2) is 0 Å². The molecule has 2 aromatic rings.